The molecule has 3 N–H and O–H groups in total. The maximum atomic E-state index is 12.8. The number of amides is 3. The van der Waals surface area contributed by atoms with Crippen LogP contribution in [0.15, 0.2) is 24.3 Å². The summed E-state index contributed by atoms with van der Waals surface area (Å²) in [5.74, 6) is 0.556. The van der Waals surface area contributed by atoms with Crippen molar-refractivity contribution in [2.24, 2.45) is 5.92 Å². The molecule has 130 valence electrons. The summed E-state index contributed by atoms with van der Waals surface area (Å²) < 4.78 is 0. The molecule has 24 heavy (non-hydrogen) atoms. The predicted octanol–water partition coefficient (Wildman–Crippen LogP) is 2.04. The molecule has 1 aliphatic carbocycles. The number of hydrogen-bond acceptors (Lipinski definition) is 3. The molecule has 1 aromatic carbocycles. The lowest BCUT2D eigenvalue weighted by Gasteiger charge is -2.32. The van der Waals surface area contributed by atoms with Crippen LogP contribution in [0.1, 0.15) is 36.0 Å². The van der Waals surface area contributed by atoms with Gasteiger partial charge in [-0.05, 0) is 63.4 Å². The minimum Gasteiger partial charge on any atom is -0.338 e. The maximum Gasteiger partial charge on any atom is 0.319 e. The van der Waals surface area contributed by atoms with E-state index in [1.54, 1.807) is 6.07 Å². The molecule has 6 nitrogen and oxygen atoms in total. The van der Waals surface area contributed by atoms with E-state index in [1.165, 1.54) is 0 Å². The topological polar surface area (TPSA) is 73.5 Å². The van der Waals surface area contributed by atoms with E-state index in [0.29, 0.717) is 23.2 Å². The van der Waals surface area contributed by atoms with Gasteiger partial charge in [0.15, 0.2) is 0 Å². The van der Waals surface area contributed by atoms with Crippen LogP contribution in [0, 0.1) is 5.92 Å². The molecular weight excluding hydrogens is 304 g/mol. The zero-order valence-electron chi connectivity index (χ0n) is 14.2. The first-order chi connectivity index (χ1) is 11.7. The number of urea groups is 1. The second-order valence-corrected chi connectivity index (χ2v) is 6.77. The highest BCUT2D eigenvalue weighted by atomic mass is 16.2. The predicted molar refractivity (Wildman–Crippen MR) is 94.2 cm³/mol. The fraction of sp³-hybridized carbons (Fsp3) is 0.556. The van der Waals surface area contributed by atoms with Crippen molar-refractivity contribution >= 4 is 17.6 Å². The second-order valence-electron chi connectivity index (χ2n) is 6.77. The Balaban J connectivity index is 1.61. The minimum absolute atomic E-state index is 0.0436. The third-order valence-corrected chi connectivity index (χ3v) is 4.58. The van der Waals surface area contributed by atoms with Gasteiger partial charge in [0.2, 0.25) is 0 Å². The molecule has 0 aromatic heterocycles. The van der Waals surface area contributed by atoms with Crippen LogP contribution in [-0.4, -0.2) is 49.6 Å². The van der Waals surface area contributed by atoms with Gasteiger partial charge in [0, 0.05) is 30.4 Å². The lowest BCUT2D eigenvalue weighted by Crippen LogP contribution is -2.42. The van der Waals surface area contributed by atoms with Crippen molar-refractivity contribution in [1.82, 2.24) is 15.5 Å². The van der Waals surface area contributed by atoms with Crippen LogP contribution in [0.4, 0.5) is 10.5 Å². The summed E-state index contributed by atoms with van der Waals surface area (Å²) in [4.78, 5) is 26.5. The lowest BCUT2D eigenvalue weighted by atomic mass is 9.97. The van der Waals surface area contributed by atoms with Crippen molar-refractivity contribution in [2.45, 2.75) is 31.7 Å². The number of rotatable bonds is 5. The zero-order chi connectivity index (χ0) is 16.9. The van der Waals surface area contributed by atoms with Crippen LogP contribution in [0.2, 0.25) is 0 Å². The maximum absolute atomic E-state index is 12.8. The molecule has 1 saturated carbocycles. The number of nitrogens with zero attached hydrogens (tertiary/aromatic N) is 1. The van der Waals surface area contributed by atoms with E-state index < -0.39 is 0 Å². The molecule has 2 fully saturated rings. The summed E-state index contributed by atoms with van der Waals surface area (Å²) in [6.45, 7) is 2.53. The van der Waals surface area contributed by atoms with E-state index in [4.69, 9.17) is 0 Å². The third-order valence-electron chi connectivity index (χ3n) is 4.58. The average molecular weight is 330 g/mol. The van der Waals surface area contributed by atoms with Gasteiger partial charge in [-0.3, -0.25) is 4.79 Å². The first-order valence-electron chi connectivity index (χ1n) is 8.77. The lowest BCUT2D eigenvalue weighted by molar-refractivity contribution is 0.0674. The van der Waals surface area contributed by atoms with Crippen LogP contribution in [0.3, 0.4) is 0 Å². The normalized spacial score (nSPS) is 20.5. The largest absolute Gasteiger partial charge is 0.338 e. The van der Waals surface area contributed by atoms with Gasteiger partial charge in [-0.2, -0.15) is 0 Å². The Hall–Kier alpha value is -2.08. The Morgan fingerprint density at radius 3 is 2.83 bits per heavy atom. The van der Waals surface area contributed by atoms with Crippen molar-refractivity contribution in [3.63, 3.8) is 0 Å². The standard InChI is InChI=1S/C18H26N4O2/c1-19-11-13-4-3-9-22(12-13)17(23)14-5-2-6-16(10-14)21-18(24)20-15-7-8-15/h2,5-6,10,13,15,19H,3-4,7-9,11-12H2,1H3,(H2,20,21,24). The number of benzene rings is 1. The monoisotopic (exact) mass is 330 g/mol. The van der Waals surface area contributed by atoms with Crippen molar-refractivity contribution < 1.29 is 9.59 Å². The summed E-state index contributed by atoms with van der Waals surface area (Å²) in [5.41, 5.74) is 1.28. The van der Waals surface area contributed by atoms with Gasteiger partial charge in [-0.15, -0.1) is 0 Å². The molecule has 1 aliphatic heterocycles. The van der Waals surface area contributed by atoms with E-state index in [-0.39, 0.29) is 11.9 Å². The molecule has 1 saturated heterocycles. The number of hydrogen-bond donors (Lipinski definition) is 3. The van der Waals surface area contributed by atoms with Gasteiger partial charge in [-0.1, -0.05) is 6.07 Å². The summed E-state index contributed by atoms with van der Waals surface area (Å²) in [5, 5.41) is 8.89. The van der Waals surface area contributed by atoms with Gasteiger partial charge in [0.1, 0.15) is 0 Å². The summed E-state index contributed by atoms with van der Waals surface area (Å²) in [6.07, 6.45) is 4.30. The molecule has 0 radical (unpaired) electrons. The molecule has 3 amide bonds. The molecule has 1 heterocycles. The van der Waals surface area contributed by atoms with Gasteiger partial charge >= 0.3 is 6.03 Å². The molecule has 0 spiro atoms. The molecule has 1 aromatic rings. The Kier molecular flexibility index (Phi) is 5.35. The van der Waals surface area contributed by atoms with Crippen LogP contribution in [0.25, 0.3) is 0 Å². The summed E-state index contributed by atoms with van der Waals surface area (Å²) >= 11 is 0. The van der Waals surface area contributed by atoms with Crippen LogP contribution >= 0.6 is 0 Å². The SMILES string of the molecule is CNCC1CCCN(C(=O)c2cccc(NC(=O)NC3CC3)c2)C1. The number of likely N-dealkylation sites (tertiary alicyclic amines) is 1. The number of nitrogens with one attached hydrogen (secondary N) is 3. The van der Waals surface area contributed by atoms with Crippen LogP contribution in [-0.2, 0) is 0 Å². The second kappa shape index (κ2) is 7.66. The number of anilines is 1. The third kappa shape index (κ3) is 4.47. The zero-order valence-corrected chi connectivity index (χ0v) is 14.2. The molecule has 3 rings (SSSR count). The van der Waals surface area contributed by atoms with Crippen molar-refractivity contribution in [3.05, 3.63) is 29.8 Å². The fourth-order valence-corrected chi connectivity index (χ4v) is 3.20. The Morgan fingerprint density at radius 1 is 1.25 bits per heavy atom. The summed E-state index contributed by atoms with van der Waals surface area (Å²) in [7, 11) is 1.95. The minimum atomic E-state index is -0.200. The Bertz CT molecular complexity index is 598. The highest BCUT2D eigenvalue weighted by Gasteiger charge is 2.25. The molecule has 1 atom stereocenters. The molecule has 6 heteroatoms. The first kappa shape index (κ1) is 16.8. The van der Waals surface area contributed by atoms with Crippen molar-refractivity contribution in [2.75, 3.05) is 32.0 Å². The Morgan fingerprint density at radius 2 is 2.08 bits per heavy atom. The van der Waals surface area contributed by atoms with Gasteiger partial charge in [-0.25, -0.2) is 4.79 Å². The highest BCUT2D eigenvalue weighted by Crippen LogP contribution is 2.21. The number of carbonyl (C=O) groups excluding carboxylic acids is 2. The van der Waals surface area contributed by atoms with E-state index in [1.807, 2.05) is 30.1 Å². The van der Waals surface area contributed by atoms with Gasteiger partial charge in [0.05, 0.1) is 0 Å². The van der Waals surface area contributed by atoms with E-state index in [9.17, 15) is 9.59 Å². The van der Waals surface area contributed by atoms with Crippen LogP contribution < -0.4 is 16.0 Å². The smallest absolute Gasteiger partial charge is 0.319 e. The Labute approximate surface area is 143 Å². The molecule has 2 aliphatic rings. The van der Waals surface area contributed by atoms with Gasteiger partial charge in [0.25, 0.3) is 5.91 Å². The van der Waals surface area contributed by atoms with Gasteiger partial charge < -0.3 is 20.9 Å². The van der Waals surface area contributed by atoms with Crippen molar-refractivity contribution in [3.8, 4) is 0 Å². The van der Waals surface area contributed by atoms with E-state index >= 15 is 0 Å². The van der Waals surface area contributed by atoms with E-state index in [0.717, 1.165) is 45.3 Å². The average Bonchev–Trinajstić information content (AvgIpc) is 3.39. The molecular formula is C18H26N4O2. The summed E-state index contributed by atoms with van der Waals surface area (Å²) in [6, 6.07) is 7.31. The first-order valence-corrected chi connectivity index (χ1v) is 8.77. The molecule has 1 unspecified atom stereocenters. The fourth-order valence-electron chi connectivity index (χ4n) is 3.20. The van der Waals surface area contributed by atoms with E-state index in [2.05, 4.69) is 16.0 Å². The van der Waals surface area contributed by atoms with Crippen LogP contribution in [0.5, 0.6) is 0 Å². The highest BCUT2D eigenvalue weighted by molar-refractivity contribution is 5.97. The quantitative estimate of drug-likeness (QED) is 0.773. The number of carbonyl (C=O) groups is 2. The molecule has 0 bridgehead atoms. The van der Waals surface area contributed by atoms with Crippen molar-refractivity contribution in [1.29, 1.82) is 0 Å². The number of piperidine rings is 1.